The summed E-state index contributed by atoms with van der Waals surface area (Å²) in [7, 11) is 0. The van der Waals surface area contributed by atoms with Crippen LogP contribution in [-0.2, 0) is 41.6 Å². The molecule has 2 aromatic carbocycles. The number of rotatable bonds is 18. The predicted octanol–water partition coefficient (Wildman–Crippen LogP) is 2.79. The minimum atomic E-state index is -1.78. The van der Waals surface area contributed by atoms with E-state index in [1.807, 2.05) is 6.92 Å². The molecular weight excluding hydrogens is 612 g/mol. The normalized spacial score (nSPS) is 11.9. The highest BCUT2D eigenvalue weighted by molar-refractivity contribution is 6.39. The van der Waals surface area contributed by atoms with Gasteiger partial charge in [0.05, 0.1) is 16.9 Å². The van der Waals surface area contributed by atoms with Gasteiger partial charge in [-0.15, -0.1) is 0 Å². The lowest BCUT2D eigenvalue weighted by atomic mass is 9.99. The van der Waals surface area contributed by atoms with E-state index in [1.165, 1.54) is 37.3 Å². The van der Waals surface area contributed by atoms with E-state index in [4.69, 9.17) is 0 Å². The van der Waals surface area contributed by atoms with Crippen LogP contribution in [-0.4, -0.2) is 75.5 Å². The quantitative estimate of drug-likeness (QED) is 0.102. The van der Waals surface area contributed by atoms with Gasteiger partial charge in [0.15, 0.2) is 0 Å². The summed E-state index contributed by atoms with van der Waals surface area (Å²) < 4.78 is 0. The lowest BCUT2D eigenvalue weighted by Gasteiger charge is -2.26. The van der Waals surface area contributed by atoms with Crippen LogP contribution in [0, 0.1) is 0 Å². The first kappa shape index (κ1) is 37.9. The number of benzene rings is 2. The van der Waals surface area contributed by atoms with Crippen molar-refractivity contribution < 1.29 is 48.9 Å². The van der Waals surface area contributed by atoms with Crippen LogP contribution in [0.4, 0.5) is 11.4 Å². The van der Waals surface area contributed by atoms with Crippen molar-refractivity contribution in [3.05, 3.63) is 59.2 Å². The zero-order valence-electron chi connectivity index (χ0n) is 26.7. The first-order chi connectivity index (χ1) is 22.3. The summed E-state index contributed by atoms with van der Waals surface area (Å²) in [5, 5.41) is 36.4. The number of unbranched alkanes of at least 4 members (excludes halogenated alkanes) is 2. The molecule has 14 heteroatoms. The van der Waals surface area contributed by atoms with Crippen LogP contribution in [0.1, 0.15) is 80.8 Å². The van der Waals surface area contributed by atoms with E-state index < -0.39 is 47.7 Å². The summed E-state index contributed by atoms with van der Waals surface area (Å²) in [5.74, 6) is -6.88. The zero-order chi connectivity index (χ0) is 35.1. The Balaban J connectivity index is 2.16. The molecule has 0 aliphatic rings. The van der Waals surface area contributed by atoms with Crippen molar-refractivity contribution in [2.75, 3.05) is 11.4 Å². The number of nitrogens with zero attached hydrogens (tertiary/aromatic N) is 1. The Morgan fingerprint density at radius 2 is 1.53 bits per heavy atom. The molecule has 0 fully saturated rings. The Hall–Kier alpha value is -5.27. The highest BCUT2D eigenvalue weighted by Crippen LogP contribution is 2.33. The zero-order valence-corrected chi connectivity index (χ0v) is 26.7. The molecule has 254 valence electrons. The van der Waals surface area contributed by atoms with Crippen LogP contribution in [0.2, 0.25) is 0 Å². The Kier molecular flexibility index (Phi) is 15.0. The van der Waals surface area contributed by atoms with Crippen LogP contribution in [0.5, 0.6) is 0 Å². The fourth-order valence-corrected chi connectivity index (χ4v) is 4.93. The second kappa shape index (κ2) is 18.6. The van der Waals surface area contributed by atoms with Gasteiger partial charge in [0, 0.05) is 26.3 Å². The number of carbonyl (C=O) groups excluding carboxylic acids is 4. The van der Waals surface area contributed by atoms with E-state index in [9.17, 15) is 48.9 Å². The molecule has 14 nitrogen and oxygen atoms in total. The fraction of sp³-hybridized carbons (Fsp3) is 0.424. The minimum absolute atomic E-state index is 0.0496. The van der Waals surface area contributed by atoms with Crippen molar-refractivity contribution in [1.82, 2.24) is 16.0 Å². The van der Waals surface area contributed by atoms with Gasteiger partial charge in [0.25, 0.3) is 0 Å². The molecule has 0 heterocycles. The topological polar surface area (TPSA) is 220 Å². The number of aliphatic carboxylic acids is 2. The van der Waals surface area contributed by atoms with Gasteiger partial charge in [-0.05, 0) is 55.0 Å². The summed E-state index contributed by atoms with van der Waals surface area (Å²) in [6.45, 7) is 5.16. The van der Waals surface area contributed by atoms with Crippen molar-refractivity contribution >= 4 is 52.9 Å². The van der Waals surface area contributed by atoms with Crippen molar-refractivity contribution in [3.63, 3.8) is 0 Å². The lowest BCUT2D eigenvalue weighted by Crippen LogP contribution is -2.47. The standard InChI is InChI=1S/C33H42N4O10/c1-4-6-12-24(32(44)45)36-28(39)14-9-10-17-34-29(40)25(35-20(3)38)19-21-15-16-26(22(5-2)18-21)37(30(41)33(46)47)27-13-8-7-11-23(27)31(42)43/h7-8,11,13,15-16,18,24-25H,4-6,9-10,12,14,17,19H2,1-3H3,(H,34,40)(H,35,38)(H,36,39)(H,42,43)(H,44,45)(H,46,47)/t24-,25-/m0/s1. The highest BCUT2D eigenvalue weighted by Gasteiger charge is 2.30. The van der Waals surface area contributed by atoms with Gasteiger partial charge in [-0.1, -0.05) is 51.0 Å². The van der Waals surface area contributed by atoms with E-state index in [0.29, 0.717) is 43.2 Å². The van der Waals surface area contributed by atoms with Gasteiger partial charge in [-0.25, -0.2) is 14.4 Å². The Morgan fingerprint density at radius 3 is 2.13 bits per heavy atom. The van der Waals surface area contributed by atoms with E-state index >= 15 is 0 Å². The summed E-state index contributed by atoms with van der Waals surface area (Å²) >= 11 is 0. The first-order valence-corrected chi connectivity index (χ1v) is 15.4. The molecule has 2 atom stereocenters. The molecule has 0 bridgehead atoms. The monoisotopic (exact) mass is 654 g/mol. The molecular formula is C33H42N4O10. The molecule has 0 aliphatic carbocycles. The third kappa shape index (κ3) is 11.6. The number of hydrogen-bond donors (Lipinski definition) is 6. The van der Waals surface area contributed by atoms with Crippen molar-refractivity contribution in [3.8, 4) is 0 Å². The Labute approximate surface area is 272 Å². The molecule has 0 unspecified atom stereocenters. The van der Waals surface area contributed by atoms with Crippen LogP contribution >= 0.6 is 0 Å². The Morgan fingerprint density at radius 1 is 0.830 bits per heavy atom. The van der Waals surface area contributed by atoms with Gasteiger partial charge >= 0.3 is 23.8 Å². The maximum absolute atomic E-state index is 13.0. The number of para-hydroxylation sites is 1. The lowest BCUT2D eigenvalue weighted by molar-refractivity contribution is -0.148. The fourth-order valence-electron chi connectivity index (χ4n) is 4.93. The number of aryl methyl sites for hydroxylation is 1. The van der Waals surface area contributed by atoms with Gasteiger partial charge in [-0.3, -0.25) is 24.1 Å². The van der Waals surface area contributed by atoms with Crippen LogP contribution in [0.3, 0.4) is 0 Å². The second-order valence-electron chi connectivity index (χ2n) is 10.9. The maximum Gasteiger partial charge on any atom is 0.395 e. The molecule has 0 aromatic heterocycles. The molecule has 47 heavy (non-hydrogen) atoms. The number of amides is 4. The molecule has 4 amide bonds. The number of carboxylic acid groups (broad SMARTS) is 3. The molecule has 0 saturated carbocycles. The van der Waals surface area contributed by atoms with Crippen LogP contribution in [0.15, 0.2) is 42.5 Å². The smallest absolute Gasteiger partial charge is 0.395 e. The van der Waals surface area contributed by atoms with E-state index in [-0.39, 0.29) is 42.2 Å². The van der Waals surface area contributed by atoms with Gasteiger partial charge in [-0.2, -0.15) is 0 Å². The van der Waals surface area contributed by atoms with Crippen molar-refractivity contribution in [2.24, 2.45) is 0 Å². The highest BCUT2D eigenvalue weighted by atomic mass is 16.4. The number of aromatic carboxylic acids is 1. The molecule has 0 radical (unpaired) electrons. The summed E-state index contributed by atoms with van der Waals surface area (Å²) in [6.07, 6.45) is 3.11. The van der Waals surface area contributed by atoms with Crippen LogP contribution < -0.4 is 20.9 Å². The van der Waals surface area contributed by atoms with E-state index in [1.54, 1.807) is 19.1 Å². The van der Waals surface area contributed by atoms with Crippen molar-refractivity contribution in [1.29, 1.82) is 0 Å². The second-order valence-corrected chi connectivity index (χ2v) is 10.9. The number of nitrogens with one attached hydrogen (secondary N) is 3. The number of carbonyl (C=O) groups is 7. The molecule has 0 saturated heterocycles. The summed E-state index contributed by atoms with van der Waals surface area (Å²) in [6, 6.07) is 8.30. The first-order valence-electron chi connectivity index (χ1n) is 15.4. The molecule has 2 rings (SSSR count). The third-order valence-electron chi connectivity index (χ3n) is 7.27. The summed E-state index contributed by atoms with van der Waals surface area (Å²) in [5.41, 5.74) is 0.842. The molecule has 2 aromatic rings. The number of carboxylic acids is 3. The average Bonchev–Trinajstić information content (AvgIpc) is 3.02. The largest absolute Gasteiger partial charge is 0.480 e. The minimum Gasteiger partial charge on any atom is -0.480 e. The van der Waals surface area contributed by atoms with E-state index in [2.05, 4.69) is 16.0 Å². The Bertz CT molecular complexity index is 1480. The summed E-state index contributed by atoms with van der Waals surface area (Å²) in [4.78, 5) is 85.8. The maximum atomic E-state index is 13.0. The third-order valence-corrected chi connectivity index (χ3v) is 7.27. The SMILES string of the molecule is CCCC[C@H](NC(=O)CCCCNC(=O)[C@H](Cc1ccc(N(C(=O)C(=O)O)c2ccccc2C(=O)O)c(CC)c1)NC(C)=O)C(=O)O. The average molecular weight is 655 g/mol. The van der Waals surface area contributed by atoms with Gasteiger partial charge in [0.2, 0.25) is 17.7 Å². The van der Waals surface area contributed by atoms with E-state index in [0.717, 1.165) is 11.3 Å². The molecule has 0 aliphatic heterocycles. The number of hydrogen-bond acceptors (Lipinski definition) is 7. The predicted molar refractivity (Wildman–Crippen MR) is 171 cm³/mol. The van der Waals surface area contributed by atoms with Gasteiger partial charge in [0.1, 0.15) is 12.1 Å². The number of anilines is 2. The van der Waals surface area contributed by atoms with Crippen molar-refractivity contribution in [2.45, 2.75) is 84.2 Å². The molecule has 6 N–H and O–H groups in total. The molecule has 0 spiro atoms. The van der Waals surface area contributed by atoms with Crippen LogP contribution in [0.25, 0.3) is 0 Å². The van der Waals surface area contributed by atoms with Gasteiger partial charge < -0.3 is 31.3 Å².